The zero-order valence-electron chi connectivity index (χ0n) is 15.6. The van der Waals surface area contributed by atoms with Crippen LogP contribution in [0.25, 0.3) is 5.65 Å². The molecule has 4 rings (SSSR count). The van der Waals surface area contributed by atoms with Gasteiger partial charge in [-0.1, -0.05) is 37.3 Å². The third-order valence-corrected chi connectivity index (χ3v) is 5.46. The van der Waals surface area contributed by atoms with Crippen molar-refractivity contribution in [3.63, 3.8) is 0 Å². The van der Waals surface area contributed by atoms with E-state index in [0.29, 0.717) is 23.7 Å². The first-order valence-corrected chi connectivity index (χ1v) is 9.65. The SMILES string of the molecule is CCc1nc2ccc(F)cn2c1C(=O)N1CCC(Cc2ccccc2)CC1. The Morgan fingerprint density at radius 3 is 2.59 bits per heavy atom. The number of aryl methyl sites for hydroxylation is 1. The predicted molar refractivity (Wildman–Crippen MR) is 103 cm³/mol. The Kier molecular flexibility index (Phi) is 4.92. The van der Waals surface area contributed by atoms with Crippen LogP contribution in [0.15, 0.2) is 48.7 Å². The molecule has 1 saturated heterocycles. The average molecular weight is 365 g/mol. The highest BCUT2D eigenvalue weighted by Gasteiger charge is 2.27. The first kappa shape index (κ1) is 17.7. The van der Waals surface area contributed by atoms with Gasteiger partial charge in [-0.15, -0.1) is 0 Å². The molecular weight excluding hydrogens is 341 g/mol. The zero-order chi connectivity index (χ0) is 18.8. The number of amides is 1. The van der Waals surface area contributed by atoms with Crippen LogP contribution in [-0.4, -0.2) is 33.3 Å². The van der Waals surface area contributed by atoms with E-state index in [2.05, 4.69) is 29.2 Å². The van der Waals surface area contributed by atoms with Crippen LogP contribution in [-0.2, 0) is 12.8 Å². The normalized spacial score (nSPS) is 15.4. The van der Waals surface area contributed by atoms with Crippen molar-refractivity contribution >= 4 is 11.6 Å². The standard InChI is InChI=1S/C22H24FN3O/c1-2-19-21(26-15-18(23)8-9-20(26)24-19)22(27)25-12-10-17(11-13-25)14-16-6-4-3-5-7-16/h3-9,15,17H,2,10-14H2,1H3. The summed E-state index contributed by atoms with van der Waals surface area (Å²) in [6.45, 7) is 3.45. The highest BCUT2D eigenvalue weighted by Crippen LogP contribution is 2.24. The molecule has 0 atom stereocenters. The number of benzene rings is 1. The van der Waals surface area contributed by atoms with Gasteiger partial charge in [-0.25, -0.2) is 9.37 Å². The molecule has 2 aromatic heterocycles. The minimum absolute atomic E-state index is 0.0388. The first-order chi connectivity index (χ1) is 13.2. The second kappa shape index (κ2) is 7.51. The number of piperidine rings is 1. The molecule has 1 fully saturated rings. The molecule has 3 aromatic rings. The van der Waals surface area contributed by atoms with E-state index in [1.807, 2.05) is 17.9 Å². The number of nitrogens with zero attached hydrogens (tertiary/aromatic N) is 3. The van der Waals surface area contributed by atoms with Gasteiger partial charge in [0.2, 0.25) is 0 Å². The van der Waals surface area contributed by atoms with Crippen LogP contribution in [0.4, 0.5) is 4.39 Å². The molecule has 1 aliphatic rings. The third-order valence-electron chi connectivity index (χ3n) is 5.46. The summed E-state index contributed by atoms with van der Waals surface area (Å²) in [5.74, 6) is 0.197. The Hall–Kier alpha value is -2.69. The fraction of sp³-hybridized carbons (Fsp3) is 0.364. The quantitative estimate of drug-likeness (QED) is 0.697. The van der Waals surface area contributed by atoms with Crippen molar-refractivity contribution in [2.75, 3.05) is 13.1 Å². The van der Waals surface area contributed by atoms with Crippen LogP contribution in [0.1, 0.15) is 41.5 Å². The lowest BCUT2D eigenvalue weighted by Gasteiger charge is -2.32. The minimum Gasteiger partial charge on any atom is -0.337 e. The molecule has 1 aromatic carbocycles. The van der Waals surface area contributed by atoms with Crippen LogP contribution in [0.3, 0.4) is 0 Å². The van der Waals surface area contributed by atoms with Crippen molar-refractivity contribution in [3.05, 3.63) is 71.4 Å². The van der Waals surface area contributed by atoms with Crippen LogP contribution in [0.2, 0.25) is 0 Å². The monoisotopic (exact) mass is 365 g/mol. The summed E-state index contributed by atoms with van der Waals surface area (Å²) in [6, 6.07) is 13.5. The fourth-order valence-corrected chi connectivity index (χ4v) is 3.98. The van der Waals surface area contributed by atoms with Gasteiger partial charge in [0.1, 0.15) is 17.2 Å². The molecule has 0 radical (unpaired) electrons. The number of carbonyl (C=O) groups is 1. The summed E-state index contributed by atoms with van der Waals surface area (Å²) >= 11 is 0. The number of halogens is 1. The lowest BCUT2D eigenvalue weighted by Crippen LogP contribution is -2.39. The Morgan fingerprint density at radius 2 is 1.89 bits per heavy atom. The van der Waals surface area contributed by atoms with E-state index in [-0.39, 0.29) is 11.7 Å². The molecule has 0 spiro atoms. The molecule has 4 nitrogen and oxygen atoms in total. The Bertz CT molecular complexity index is 943. The largest absolute Gasteiger partial charge is 0.337 e. The molecule has 0 aliphatic carbocycles. The van der Waals surface area contributed by atoms with Crippen molar-refractivity contribution in [3.8, 4) is 0 Å². The molecule has 0 unspecified atom stereocenters. The van der Waals surface area contributed by atoms with Crippen molar-refractivity contribution in [2.24, 2.45) is 5.92 Å². The average Bonchev–Trinajstić information content (AvgIpc) is 3.06. The number of aromatic nitrogens is 2. The Balaban J connectivity index is 1.50. The molecular formula is C22H24FN3O. The van der Waals surface area contributed by atoms with Crippen molar-refractivity contribution in [1.29, 1.82) is 0 Å². The van der Waals surface area contributed by atoms with E-state index >= 15 is 0 Å². The summed E-state index contributed by atoms with van der Waals surface area (Å²) < 4.78 is 15.3. The zero-order valence-corrected chi connectivity index (χ0v) is 15.6. The minimum atomic E-state index is -0.363. The number of rotatable bonds is 4. The van der Waals surface area contributed by atoms with Gasteiger partial charge in [0.15, 0.2) is 0 Å². The van der Waals surface area contributed by atoms with Crippen molar-refractivity contribution in [2.45, 2.75) is 32.6 Å². The lowest BCUT2D eigenvalue weighted by molar-refractivity contribution is 0.0682. The van der Waals surface area contributed by atoms with Gasteiger partial charge in [-0.2, -0.15) is 0 Å². The van der Waals surface area contributed by atoms with Gasteiger partial charge in [0.25, 0.3) is 5.91 Å². The Labute approximate surface area is 158 Å². The van der Waals surface area contributed by atoms with Gasteiger partial charge >= 0.3 is 0 Å². The highest BCUT2D eigenvalue weighted by atomic mass is 19.1. The van der Waals surface area contributed by atoms with Gasteiger partial charge in [0.05, 0.1) is 5.69 Å². The summed E-state index contributed by atoms with van der Waals surface area (Å²) in [5.41, 5.74) is 3.22. The van der Waals surface area contributed by atoms with Gasteiger partial charge in [-0.3, -0.25) is 9.20 Å². The molecule has 5 heteroatoms. The predicted octanol–water partition coefficient (Wildman–Crippen LogP) is 4.13. The second-order valence-electron chi connectivity index (χ2n) is 7.26. The van der Waals surface area contributed by atoms with Gasteiger partial charge in [0, 0.05) is 19.3 Å². The smallest absolute Gasteiger partial charge is 0.272 e. The first-order valence-electron chi connectivity index (χ1n) is 9.65. The van der Waals surface area contributed by atoms with Crippen LogP contribution >= 0.6 is 0 Å². The van der Waals surface area contributed by atoms with E-state index in [0.717, 1.165) is 38.0 Å². The fourth-order valence-electron chi connectivity index (χ4n) is 3.98. The summed E-state index contributed by atoms with van der Waals surface area (Å²) in [5, 5.41) is 0. The molecule has 140 valence electrons. The molecule has 1 aliphatic heterocycles. The summed E-state index contributed by atoms with van der Waals surface area (Å²) in [4.78, 5) is 19.6. The third kappa shape index (κ3) is 3.59. The molecule has 0 saturated carbocycles. The van der Waals surface area contributed by atoms with Gasteiger partial charge in [-0.05, 0) is 49.3 Å². The van der Waals surface area contributed by atoms with Crippen molar-refractivity contribution in [1.82, 2.24) is 14.3 Å². The summed E-state index contributed by atoms with van der Waals surface area (Å²) in [7, 11) is 0. The van der Waals surface area contributed by atoms with Gasteiger partial charge < -0.3 is 4.90 Å². The molecule has 0 bridgehead atoms. The Morgan fingerprint density at radius 1 is 1.15 bits per heavy atom. The van der Waals surface area contributed by atoms with Crippen molar-refractivity contribution < 1.29 is 9.18 Å². The maximum absolute atomic E-state index is 13.7. The van der Waals surface area contributed by atoms with Crippen LogP contribution in [0.5, 0.6) is 0 Å². The van der Waals surface area contributed by atoms with E-state index < -0.39 is 0 Å². The molecule has 27 heavy (non-hydrogen) atoms. The second-order valence-corrected chi connectivity index (χ2v) is 7.26. The number of imidazole rings is 1. The number of fused-ring (bicyclic) bond motifs is 1. The number of carbonyl (C=O) groups excluding carboxylic acids is 1. The maximum Gasteiger partial charge on any atom is 0.272 e. The molecule has 3 heterocycles. The summed E-state index contributed by atoms with van der Waals surface area (Å²) in [6.07, 6.45) is 5.05. The highest BCUT2D eigenvalue weighted by molar-refractivity contribution is 5.94. The van der Waals surface area contributed by atoms with E-state index in [4.69, 9.17) is 0 Å². The lowest BCUT2D eigenvalue weighted by atomic mass is 9.90. The van der Waals surface area contributed by atoms with E-state index in [1.54, 1.807) is 10.5 Å². The molecule has 0 N–H and O–H groups in total. The number of hydrogen-bond donors (Lipinski definition) is 0. The topological polar surface area (TPSA) is 37.6 Å². The number of hydrogen-bond acceptors (Lipinski definition) is 2. The van der Waals surface area contributed by atoms with Crippen LogP contribution < -0.4 is 0 Å². The van der Waals surface area contributed by atoms with E-state index in [9.17, 15) is 9.18 Å². The molecule has 1 amide bonds. The van der Waals surface area contributed by atoms with E-state index in [1.165, 1.54) is 17.8 Å². The number of pyridine rings is 1. The maximum atomic E-state index is 13.7. The van der Waals surface area contributed by atoms with Crippen LogP contribution in [0, 0.1) is 11.7 Å². The number of likely N-dealkylation sites (tertiary alicyclic amines) is 1.